The Labute approximate surface area is 69.1 Å². The number of nitrogens with one attached hydrogen (secondary N) is 1. The molecule has 0 saturated carbocycles. The summed E-state index contributed by atoms with van der Waals surface area (Å²) in [6.07, 6.45) is 0.778. The van der Waals surface area contributed by atoms with Crippen LogP contribution in [0.3, 0.4) is 0 Å². The third kappa shape index (κ3) is 9.09. The predicted molar refractivity (Wildman–Crippen MR) is 52.9 cm³/mol. The van der Waals surface area contributed by atoms with Crippen LogP contribution in [0.2, 0.25) is 0 Å². The zero-order valence-electron chi connectivity index (χ0n) is 5.83. The van der Waals surface area contributed by atoms with Gasteiger partial charge >= 0.3 is 0 Å². The van der Waals surface area contributed by atoms with E-state index in [2.05, 4.69) is 43.7 Å². The Hall–Kier alpha value is 1.09. The third-order valence-corrected chi connectivity index (χ3v) is 2.69. The summed E-state index contributed by atoms with van der Waals surface area (Å²) in [5.41, 5.74) is 0. The van der Waals surface area contributed by atoms with E-state index >= 15 is 0 Å². The molecule has 0 aliphatic rings. The molecule has 0 saturated heterocycles. The second kappa shape index (κ2) is 5.84. The molecule has 9 heavy (non-hydrogen) atoms. The lowest BCUT2D eigenvalue weighted by atomic mass is 10.4. The molecule has 0 bridgehead atoms. The smallest absolute Gasteiger partial charge is 0.00692 e. The van der Waals surface area contributed by atoms with Gasteiger partial charge in [0.25, 0.3) is 0 Å². The van der Waals surface area contributed by atoms with E-state index in [0.29, 0.717) is 6.04 Å². The standard InChI is InChI=1S/C5H14NPS2/c1-5(2)6-3-4-7(8)9/h5-6,8-9H,3-4H2,1-2H3. The van der Waals surface area contributed by atoms with Gasteiger partial charge in [-0.3, -0.25) is 0 Å². The second-order valence-electron chi connectivity index (χ2n) is 2.20. The molecular formula is C5H14NPS2. The molecule has 0 aromatic rings. The highest BCUT2D eigenvalue weighted by Gasteiger charge is 1.95. The van der Waals surface area contributed by atoms with Gasteiger partial charge in [0.15, 0.2) is 0 Å². The molecular weight excluding hydrogens is 169 g/mol. The minimum absolute atomic E-state index is 0.305. The van der Waals surface area contributed by atoms with Crippen LogP contribution in [0.25, 0.3) is 0 Å². The first kappa shape index (κ1) is 10.1. The van der Waals surface area contributed by atoms with Gasteiger partial charge in [-0.15, -0.1) is 24.5 Å². The van der Waals surface area contributed by atoms with E-state index in [1.165, 1.54) is 0 Å². The SMILES string of the molecule is CC(C)NCCP(S)S. The van der Waals surface area contributed by atoms with Gasteiger partial charge in [-0.05, 0) is 6.16 Å². The normalized spacial score (nSPS) is 11.3. The molecule has 0 amide bonds. The molecule has 0 spiro atoms. The van der Waals surface area contributed by atoms with E-state index in [1.54, 1.807) is 0 Å². The van der Waals surface area contributed by atoms with Crippen LogP contribution in [-0.4, -0.2) is 18.7 Å². The summed E-state index contributed by atoms with van der Waals surface area (Å²) in [6, 6.07) is 0.585. The average Bonchev–Trinajstić information content (AvgIpc) is 1.63. The monoisotopic (exact) mass is 183 g/mol. The van der Waals surface area contributed by atoms with Gasteiger partial charge in [0.1, 0.15) is 0 Å². The summed E-state index contributed by atoms with van der Waals surface area (Å²) < 4.78 is 0. The van der Waals surface area contributed by atoms with Gasteiger partial charge in [-0.1, -0.05) is 13.8 Å². The first-order valence-electron chi connectivity index (χ1n) is 3.01. The second-order valence-corrected chi connectivity index (χ2v) is 7.24. The van der Waals surface area contributed by atoms with E-state index in [1.807, 2.05) is 0 Å². The maximum absolute atomic E-state index is 4.19. The van der Waals surface area contributed by atoms with E-state index in [4.69, 9.17) is 0 Å². The van der Waals surface area contributed by atoms with E-state index < -0.39 is 0 Å². The summed E-state index contributed by atoms with van der Waals surface area (Å²) in [5.74, 6) is 0. The first-order valence-corrected chi connectivity index (χ1v) is 6.85. The van der Waals surface area contributed by atoms with Crippen LogP contribution in [0, 0.1) is 0 Å². The van der Waals surface area contributed by atoms with Crippen LogP contribution in [0.5, 0.6) is 0 Å². The lowest BCUT2D eigenvalue weighted by molar-refractivity contribution is 0.616. The summed E-state index contributed by atoms with van der Waals surface area (Å²) in [6.45, 7) is 5.31. The molecule has 1 N–H and O–H groups in total. The summed E-state index contributed by atoms with van der Waals surface area (Å²) in [7, 11) is 0. The van der Waals surface area contributed by atoms with E-state index in [9.17, 15) is 0 Å². The highest BCUT2D eigenvalue weighted by atomic mass is 33.1. The van der Waals surface area contributed by atoms with Crippen molar-refractivity contribution in [2.45, 2.75) is 19.9 Å². The minimum atomic E-state index is -0.305. The van der Waals surface area contributed by atoms with Crippen molar-refractivity contribution in [3.05, 3.63) is 0 Å². The molecule has 0 aromatic carbocycles. The lowest BCUT2D eigenvalue weighted by Crippen LogP contribution is -2.24. The molecule has 0 aromatic heterocycles. The number of hydrogen-bond donors (Lipinski definition) is 3. The Bertz CT molecular complexity index is 60.0. The van der Waals surface area contributed by atoms with Gasteiger partial charge in [-0.2, -0.15) is 0 Å². The number of hydrogen-bond acceptors (Lipinski definition) is 3. The lowest BCUT2D eigenvalue weighted by Gasteiger charge is -2.07. The third-order valence-electron chi connectivity index (χ3n) is 0.864. The van der Waals surface area contributed by atoms with Gasteiger partial charge in [-0.25, -0.2) is 0 Å². The molecule has 0 rings (SSSR count). The highest BCUT2D eigenvalue weighted by Crippen LogP contribution is 2.44. The largest absolute Gasteiger partial charge is 0.314 e. The van der Waals surface area contributed by atoms with Crippen molar-refractivity contribution in [1.29, 1.82) is 0 Å². The van der Waals surface area contributed by atoms with Crippen molar-refractivity contribution in [2.75, 3.05) is 12.7 Å². The van der Waals surface area contributed by atoms with E-state index in [-0.39, 0.29) is 6.33 Å². The van der Waals surface area contributed by atoms with Gasteiger partial charge in [0.2, 0.25) is 0 Å². The molecule has 0 atom stereocenters. The Balaban J connectivity index is 2.91. The number of thiol groups is 2. The Kier molecular flexibility index (Phi) is 6.55. The predicted octanol–water partition coefficient (Wildman–Crippen LogP) is 2.16. The van der Waals surface area contributed by atoms with Crippen molar-refractivity contribution < 1.29 is 0 Å². The van der Waals surface area contributed by atoms with Crippen LogP contribution < -0.4 is 5.32 Å². The van der Waals surface area contributed by atoms with Crippen LogP contribution in [0.4, 0.5) is 0 Å². The van der Waals surface area contributed by atoms with Crippen molar-refractivity contribution in [1.82, 2.24) is 5.32 Å². The van der Waals surface area contributed by atoms with Crippen molar-refractivity contribution in [3.63, 3.8) is 0 Å². The van der Waals surface area contributed by atoms with Crippen LogP contribution >= 0.6 is 30.8 Å². The fourth-order valence-electron chi connectivity index (χ4n) is 0.453. The van der Waals surface area contributed by atoms with Gasteiger partial charge in [0.05, 0.1) is 0 Å². The zero-order valence-corrected chi connectivity index (χ0v) is 8.52. The van der Waals surface area contributed by atoms with Gasteiger partial charge in [0, 0.05) is 18.9 Å². The molecule has 4 heteroatoms. The molecule has 0 unspecified atom stereocenters. The fraction of sp³-hybridized carbons (Fsp3) is 1.00. The summed E-state index contributed by atoms with van der Waals surface area (Å²) in [5, 5.41) is 3.30. The maximum Gasteiger partial charge on any atom is 0.00692 e. The summed E-state index contributed by atoms with van der Waals surface area (Å²) in [4.78, 5) is 0. The first-order chi connectivity index (χ1) is 4.13. The van der Waals surface area contributed by atoms with Crippen LogP contribution in [0.15, 0.2) is 0 Å². The zero-order chi connectivity index (χ0) is 7.28. The molecule has 0 aliphatic heterocycles. The van der Waals surface area contributed by atoms with Gasteiger partial charge < -0.3 is 5.32 Å². The molecule has 0 radical (unpaired) electrons. The molecule has 0 fully saturated rings. The van der Waals surface area contributed by atoms with Crippen LogP contribution in [-0.2, 0) is 0 Å². The molecule has 0 aliphatic carbocycles. The van der Waals surface area contributed by atoms with Crippen molar-refractivity contribution in [3.8, 4) is 0 Å². The Morgan fingerprint density at radius 2 is 2.00 bits per heavy atom. The quantitative estimate of drug-likeness (QED) is 0.448. The maximum atomic E-state index is 4.19. The fourth-order valence-corrected chi connectivity index (χ4v) is 1.38. The average molecular weight is 183 g/mol. The van der Waals surface area contributed by atoms with Crippen molar-refractivity contribution >= 4 is 30.8 Å². The minimum Gasteiger partial charge on any atom is -0.314 e. The van der Waals surface area contributed by atoms with Crippen molar-refractivity contribution in [2.24, 2.45) is 0 Å². The molecule has 0 heterocycles. The highest BCUT2D eigenvalue weighted by molar-refractivity contribution is 8.78. The topological polar surface area (TPSA) is 12.0 Å². The Morgan fingerprint density at radius 1 is 1.44 bits per heavy atom. The summed E-state index contributed by atoms with van der Waals surface area (Å²) >= 11 is 8.38. The van der Waals surface area contributed by atoms with E-state index in [0.717, 1.165) is 12.7 Å². The van der Waals surface area contributed by atoms with Crippen LogP contribution in [0.1, 0.15) is 13.8 Å². The Morgan fingerprint density at radius 3 is 2.33 bits per heavy atom. The molecule has 1 nitrogen and oxygen atoms in total. The number of rotatable bonds is 4. The molecule has 56 valence electrons.